The van der Waals surface area contributed by atoms with Crippen LogP contribution in [0.2, 0.25) is 0 Å². The van der Waals surface area contributed by atoms with E-state index in [1.807, 2.05) is 43.3 Å². The van der Waals surface area contributed by atoms with Crippen LogP contribution in [-0.2, 0) is 16.0 Å². The minimum Gasteiger partial charge on any atom is -0.326 e. The molecule has 1 aliphatic heterocycles. The first kappa shape index (κ1) is 18.2. The Labute approximate surface area is 155 Å². The highest BCUT2D eigenvalue weighted by Crippen LogP contribution is 2.26. The maximum absolute atomic E-state index is 12.6. The highest BCUT2D eigenvalue weighted by Gasteiger charge is 2.35. The predicted molar refractivity (Wildman–Crippen MR) is 105 cm³/mol. The third-order valence-corrected chi connectivity index (χ3v) is 4.85. The summed E-state index contributed by atoms with van der Waals surface area (Å²) in [5.74, 6) is -0.400. The number of carbonyl (C=O) groups is 2. The average molecular weight is 350 g/mol. The van der Waals surface area contributed by atoms with Crippen molar-refractivity contribution in [2.24, 2.45) is 5.92 Å². The molecule has 4 heteroatoms. The zero-order valence-corrected chi connectivity index (χ0v) is 15.5. The molecule has 0 radical (unpaired) electrons. The second-order valence-corrected chi connectivity index (χ2v) is 7.03. The van der Waals surface area contributed by atoms with E-state index in [1.54, 1.807) is 4.90 Å². The van der Waals surface area contributed by atoms with Gasteiger partial charge in [0.15, 0.2) is 0 Å². The molecule has 2 aromatic rings. The predicted octanol–water partition coefficient (Wildman–Crippen LogP) is 4.33. The van der Waals surface area contributed by atoms with E-state index in [0.29, 0.717) is 6.54 Å². The van der Waals surface area contributed by atoms with Crippen LogP contribution in [0.3, 0.4) is 0 Å². The Hall–Kier alpha value is -2.62. The van der Waals surface area contributed by atoms with E-state index >= 15 is 0 Å². The van der Waals surface area contributed by atoms with Gasteiger partial charge in [-0.25, -0.2) is 0 Å². The van der Waals surface area contributed by atoms with Crippen molar-refractivity contribution >= 4 is 23.2 Å². The average Bonchev–Trinajstić information content (AvgIpc) is 3.03. The molecule has 0 bridgehead atoms. The van der Waals surface area contributed by atoms with Crippen molar-refractivity contribution < 1.29 is 9.59 Å². The zero-order chi connectivity index (χ0) is 18.5. The summed E-state index contributed by atoms with van der Waals surface area (Å²) in [6.45, 7) is 4.61. The molecular weight excluding hydrogens is 324 g/mol. The van der Waals surface area contributed by atoms with Crippen molar-refractivity contribution in [3.63, 3.8) is 0 Å². The minimum atomic E-state index is -0.317. The smallest absolute Gasteiger partial charge is 0.229 e. The normalized spacial score (nSPS) is 16.8. The molecule has 1 unspecified atom stereocenters. The van der Waals surface area contributed by atoms with E-state index in [-0.39, 0.29) is 24.2 Å². The molecule has 0 aromatic heterocycles. The van der Waals surface area contributed by atoms with Crippen molar-refractivity contribution in [1.82, 2.24) is 0 Å². The molecule has 3 rings (SSSR count). The van der Waals surface area contributed by atoms with Crippen molar-refractivity contribution in [1.29, 1.82) is 0 Å². The summed E-state index contributed by atoms with van der Waals surface area (Å²) in [5.41, 5.74) is 4.04. The lowest BCUT2D eigenvalue weighted by Gasteiger charge is -2.17. The molecule has 2 aromatic carbocycles. The highest BCUT2D eigenvalue weighted by molar-refractivity contribution is 6.03. The Kier molecular flexibility index (Phi) is 5.71. The third kappa shape index (κ3) is 4.31. The van der Waals surface area contributed by atoms with Gasteiger partial charge in [-0.2, -0.15) is 0 Å². The van der Waals surface area contributed by atoms with Crippen LogP contribution >= 0.6 is 0 Å². The summed E-state index contributed by atoms with van der Waals surface area (Å²) >= 11 is 0. The standard InChI is InChI=1S/C22H26N2O2/c1-3-4-7-17-9-11-19(12-10-17)23-22(26)18-14-21(25)24(15-18)20-8-5-6-16(2)13-20/h5-6,8-13,18H,3-4,7,14-15H2,1-2H3,(H,23,26). The summed E-state index contributed by atoms with van der Waals surface area (Å²) in [4.78, 5) is 26.6. The van der Waals surface area contributed by atoms with Crippen LogP contribution in [0, 0.1) is 12.8 Å². The summed E-state index contributed by atoms with van der Waals surface area (Å²) in [6.07, 6.45) is 3.66. The second-order valence-electron chi connectivity index (χ2n) is 7.03. The number of unbranched alkanes of at least 4 members (excludes halogenated alkanes) is 1. The molecule has 1 heterocycles. The first-order valence-corrected chi connectivity index (χ1v) is 9.33. The van der Waals surface area contributed by atoms with Crippen molar-refractivity contribution in [3.05, 3.63) is 59.7 Å². The van der Waals surface area contributed by atoms with Gasteiger partial charge in [0.1, 0.15) is 0 Å². The summed E-state index contributed by atoms with van der Waals surface area (Å²) in [6, 6.07) is 15.8. The van der Waals surface area contributed by atoms with Crippen LogP contribution in [0.15, 0.2) is 48.5 Å². The van der Waals surface area contributed by atoms with E-state index < -0.39 is 0 Å². The highest BCUT2D eigenvalue weighted by atomic mass is 16.2. The molecule has 2 amide bonds. The summed E-state index contributed by atoms with van der Waals surface area (Å²) < 4.78 is 0. The number of aryl methyl sites for hydroxylation is 2. The van der Waals surface area contributed by atoms with Gasteiger partial charge in [0.25, 0.3) is 0 Å². The van der Waals surface area contributed by atoms with Gasteiger partial charge in [0.2, 0.25) is 11.8 Å². The van der Waals surface area contributed by atoms with E-state index in [4.69, 9.17) is 0 Å². The summed E-state index contributed by atoms with van der Waals surface area (Å²) in [7, 11) is 0. The summed E-state index contributed by atoms with van der Waals surface area (Å²) in [5, 5.41) is 2.95. The number of nitrogens with one attached hydrogen (secondary N) is 1. The van der Waals surface area contributed by atoms with Crippen LogP contribution < -0.4 is 10.2 Å². The molecule has 26 heavy (non-hydrogen) atoms. The first-order valence-electron chi connectivity index (χ1n) is 9.33. The molecule has 1 fully saturated rings. The van der Waals surface area contributed by atoms with Gasteiger partial charge in [0.05, 0.1) is 5.92 Å². The third-order valence-electron chi connectivity index (χ3n) is 4.85. The minimum absolute atomic E-state index is 0.00524. The maximum Gasteiger partial charge on any atom is 0.229 e. The van der Waals surface area contributed by atoms with Crippen LogP contribution in [0.25, 0.3) is 0 Å². The van der Waals surface area contributed by atoms with Crippen LogP contribution in [0.1, 0.15) is 37.3 Å². The molecule has 0 aliphatic carbocycles. The Morgan fingerprint density at radius 3 is 2.65 bits per heavy atom. The molecule has 1 aliphatic rings. The lowest BCUT2D eigenvalue weighted by atomic mass is 10.1. The van der Waals surface area contributed by atoms with Gasteiger partial charge in [-0.05, 0) is 55.2 Å². The maximum atomic E-state index is 12.6. The van der Waals surface area contributed by atoms with Crippen molar-refractivity contribution in [2.75, 3.05) is 16.8 Å². The number of hydrogen-bond acceptors (Lipinski definition) is 2. The topological polar surface area (TPSA) is 49.4 Å². The molecule has 0 spiro atoms. The number of carbonyl (C=O) groups excluding carboxylic acids is 2. The number of rotatable bonds is 6. The number of amides is 2. The molecule has 0 saturated carbocycles. The second kappa shape index (κ2) is 8.17. The van der Waals surface area contributed by atoms with Gasteiger partial charge >= 0.3 is 0 Å². The van der Waals surface area contributed by atoms with Crippen LogP contribution in [0.4, 0.5) is 11.4 Å². The lowest BCUT2D eigenvalue weighted by molar-refractivity contribution is -0.122. The number of anilines is 2. The Bertz CT molecular complexity index is 783. The Morgan fingerprint density at radius 2 is 1.96 bits per heavy atom. The molecule has 4 nitrogen and oxygen atoms in total. The Balaban J connectivity index is 1.61. The number of hydrogen-bond donors (Lipinski definition) is 1. The van der Waals surface area contributed by atoms with Crippen LogP contribution in [-0.4, -0.2) is 18.4 Å². The van der Waals surface area contributed by atoms with E-state index in [0.717, 1.165) is 23.4 Å². The fourth-order valence-corrected chi connectivity index (χ4v) is 3.31. The number of benzene rings is 2. The van der Waals surface area contributed by atoms with Crippen molar-refractivity contribution in [3.8, 4) is 0 Å². The zero-order valence-electron chi connectivity index (χ0n) is 15.5. The van der Waals surface area contributed by atoms with E-state index in [1.165, 1.54) is 18.4 Å². The SMILES string of the molecule is CCCCc1ccc(NC(=O)C2CC(=O)N(c3cccc(C)c3)C2)cc1. The van der Waals surface area contributed by atoms with Crippen molar-refractivity contribution in [2.45, 2.75) is 39.5 Å². The quantitative estimate of drug-likeness (QED) is 0.843. The van der Waals surface area contributed by atoms with Gasteiger partial charge in [0, 0.05) is 24.3 Å². The van der Waals surface area contributed by atoms with E-state index in [2.05, 4.69) is 24.4 Å². The Morgan fingerprint density at radius 1 is 1.19 bits per heavy atom. The number of nitrogens with zero attached hydrogens (tertiary/aromatic N) is 1. The fraction of sp³-hybridized carbons (Fsp3) is 0.364. The largest absolute Gasteiger partial charge is 0.326 e. The monoisotopic (exact) mass is 350 g/mol. The van der Waals surface area contributed by atoms with Gasteiger partial charge in [-0.15, -0.1) is 0 Å². The lowest BCUT2D eigenvalue weighted by Crippen LogP contribution is -2.28. The van der Waals surface area contributed by atoms with E-state index in [9.17, 15) is 9.59 Å². The van der Waals surface area contributed by atoms with Gasteiger partial charge < -0.3 is 10.2 Å². The first-order chi connectivity index (χ1) is 12.6. The molecular formula is C22H26N2O2. The van der Waals surface area contributed by atoms with Gasteiger partial charge in [-0.3, -0.25) is 9.59 Å². The van der Waals surface area contributed by atoms with Crippen LogP contribution in [0.5, 0.6) is 0 Å². The molecule has 1 N–H and O–H groups in total. The molecule has 136 valence electrons. The van der Waals surface area contributed by atoms with Gasteiger partial charge in [-0.1, -0.05) is 37.6 Å². The fourth-order valence-electron chi connectivity index (χ4n) is 3.31. The molecule has 1 saturated heterocycles. The molecule has 1 atom stereocenters.